The first-order chi connectivity index (χ1) is 13.8. The molecule has 6 nitrogen and oxygen atoms in total. The maximum absolute atomic E-state index is 15.7. The number of carbonyl (C=O) groups is 1. The van der Waals surface area contributed by atoms with Crippen molar-refractivity contribution in [2.24, 2.45) is 0 Å². The fourth-order valence-electron chi connectivity index (χ4n) is 4.56. The Hall–Kier alpha value is -2.74. The largest absolute Gasteiger partial charge is 0.477 e. The smallest absolute Gasteiger partial charge is 0.341 e. The Morgan fingerprint density at radius 2 is 1.90 bits per heavy atom. The van der Waals surface area contributed by atoms with Gasteiger partial charge in [0.05, 0.1) is 10.9 Å². The third kappa shape index (κ3) is 2.85. The first kappa shape index (κ1) is 18.3. The summed E-state index contributed by atoms with van der Waals surface area (Å²) in [6, 6.07) is 0.938. The molecule has 5 rings (SSSR count). The van der Waals surface area contributed by atoms with E-state index in [1.165, 1.54) is 21.9 Å². The minimum absolute atomic E-state index is 0.000824. The molecule has 1 N–H and O–H groups in total. The minimum atomic E-state index is -1.39. The van der Waals surface area contributed by atoms with Gasteiger partial charge in [0, 0.05) is 38.4 Å². The zero-order valence-corrected chi connectivity index (χ0v) is 16.0. The summed E-state index contributed by atoms with van der Waals surface area (Å²) < 4.78 is 32.2. The predicted octanol–water partition coefficient (Wildman–Crippen LogP) is 2.76. The number of carboxylic acids is 1. The molecule has 1 aromatic carbocycles. The molecule has 1 saturated carbocycles. The number of hydrogen-bond donors (Lipinski definition) is 1. The van der Waals surface area contributed by atoms with E-state index < -0.39 is 28.6 Å². The van der Waals surface area contributed by atoms with Crippen molar-refractivity contribution in [3.8, 4) is 0 Å². The summed E-state index contributed by atoms with van der Waals surface area (Å²) in [6.07, 6.45) is 3.63. The molecule has 0 saturated heterocycles. The highest BCUT2D eigenvalue weighted by molar-refractivity contribution is 5.94. The van der Waals surface area contributed by atoms with Crippen molar-refractivity contribution in [1.82, 2.24) is 9.47 Å². The van der Waals surface area contributed by atoms with Crippen LogP contribution >= 0.6 is 0 Å². The van der Waals surface area contributed by atoms with Crippen LogP contribution in [0.3, 0.4) is 0 Å². The van der Waals surface area contributed by atoms with Gasteiger partial charge in [0.25, 0.3) is 0 Å². The highest BCUT2D eigenvalue weighted by Gasteiger charge is 2.33. The fourth-order valence-corrected chi connectivity index (χ4v) is 4.56. The summed E-state index contributed by atoms with van der Waals surface area (Å²) in [5, 5.41) is 9.12. The molecule has 152 valence electrons. The van der Waals surface area contributed by atoms with Crippen LogP contribution in [0.5, 0.6) is 0 Å². The van der Waals surface area contributed by atoms with Crippen molar-refractivity contribution < 1.29 is 18.7 Å². The molecule has 2 aromatic rings. The Balaban J connectivity index is 1.67. The van der Waals surface area contributed by atoms with E-state index in [2.05, 4.69) is 4.90 Å². The maximum atomic E-state index is 15.7. The van der Waals surface area contributed by atoms with E-state index in [1.807, 2.05) is 7.05 Å². The van der Waals surface area contributed by atoms with Crippen molar-refractivity contribution in [3.05, 3.63) is 50.8 Å². The second-order valence-electron chi connectivity index (χ2n) is 8.28. The lowest BCUT2D eigenvalue weighted by Gasteiger charge is -2.23. The zero-order chi connectivity index (χ0) is 20.4. The lowest BCUT2D eigenvalue weighted by Crippen LogP contribution is -2.28. The Morgan fingerprint density at radius 3 is 2.59 bits per heavy atom. The molecule has 0 amide bonds. The molecule has 0 radical (unpaired) electrons. The average molecular weight is 401 g/mol. The molecule has 1 fully saturated rings. The number of rotatable bonds is 3. The standard InChI is InChI=1S/C21H21F2N3O3/c1-24-5-4-11-8-25(9-12(11)7-24)19-16(22)6-14-18(17(19)23)26(13-2-3-13)10-15(20(14)27)21(28)29/h6,10,13H,2-5,7-9H2,1H3,(H,28,29). The molecule has 8 heteroatoms. The topological polar surface area (TPSA) is 65.8 Å². The van der Waals surface area contributed by atoms with Gasteiger partial charge in [0.2, 0.25) is 5.43 Å². The van der Waals surface area contributed by atoms with Crippen LogP contribution in [0, 0.1) is 11.6 Å². The molecule has 0 unspecified atom stereocenters. The molecule has 0 spiro atoms. The van der Waals surface area contributed by atoms with Gasteiger partial charge in [-0.25, -0.2) is 13.6 Å². The van der Waals surface area contributed by atoms with Crippen LogP contribution in [0.1, 0.15) is 35.7 Å². The summed E-state index contributed by atoms with van der Waals surface area (Å²) in [6.45, 7) is 2.65. The van der Waals surface area contributed by atoms with Gasteiger partial charge in [-0.15, -0.1) is 0 Å². The van der Waals surface area contributed by atoms with E-state index in [9.17, 15) is 14.7 Å². The van der Waals surface area contributed by atoms with Crippen molar-refractivity contribution in [2.75, 3.05) is 38.1 Å². The molecule has 0 atom stereocenters. The monoisotopic (exact) mass is 401 g/mol. The zero-order valence-electron chi connectivity index (χ0n) is 16.0. The molecule has 3 heterocycles. The van der Waals surface area contributed by atoms with E-state index in [4.69, 9.17) is 0 Å². The van der Waals surface area contributed by atoms with Gasteiger partial charge in [-0.2, -0.15) is 0 Å². The van der Waals surface area contributed by atoms with E-state index in [-0.39, 0.29) is 22.6 Å². The number of aromatic carboxylic acids is 1. The molecular weight excluding hydrogens is 380 g/mol. The molecule has 2 aliphatic heterocycles. The van der Waals surface area contributed by atoms with Gasteiger partial charge in [-0.1, -0.05) is 0 Å². The number of benzene rings is 1. The predicted molar refractivity (Wildman–Crippen MR) is 105 cm³/mol. The number of aromatic nitrogens is 1. The van der Waals surface area contributed by atoms with Crippen LogP contribution in [-0.4, -0.2) is 53.8 Å². The van der Waals surface area contributed by atoms with Crippen molar-refractivity contribution >= 4 is 22.6 Å². The number of likely N-dealkylation sites (N-methyl/N-ethyl adjacent to an activating group) is 1. The van der Waals surface area contributed by atoms with E-state index >= 15 is 8.78 Å². The first-order valence-corrected chi connectivity index (χ1v) is 9.78. The van der Waals surface area contributed by atoms with E-state index in [0.717, 1.165) is 38.4 Å². The summed E-state index contributed by atoms with van der Waals surface area (Å²) in [7, 11) is 2.03. The molecule has 1 aliphatic carbocycles. The number of pyridine rings is 1. The summed E-state index contributed by atoms with van der Waals surface area (Å²) in [5.74, 6) is -3.00. The van der Waals surface area contributed by atoms with Gasteiger partial charge < -0.3 is 19.5 Å². The quantitative estimate of drug-likeness (QED) is 0.802. The van der Waals surface area contributed by atoms with E-state index in [1.54, 1.807) is 4.90 Å². The Kier molecular flexibility index (Phi) is 4.03. The number of halogens is 2. The number of fused-ring (bicyclic) bond motifs is 1. The first-order valence-electron chi connectivity index (χ1n) is 9.78. The van der Waals surface area contributed by atoms with Crippen molar-refractivity contribution in [1.29, 1.82) is 0 Å². The number of anilines is 1. The highest BCUT2D eigenvalue weighted by atomic mass is 19.1. The van der Waals surface area contributed by atoms with Gasteiger partial charge in [0.15, 0.2) is 5.82 Å². The number of carboxylic acid groups (broad SMARTS) is 1. The average Bonchev–Trinajstić information content (AvgIpc) is 3.42. The molecule has 29 heavy (non-hydrogen) atoms. The minimum Gasteiger partial charge on any atom is -0.477 e. The summed E-state index contributed by atoms with van der Waals surface area (Å²) in [5.41, 5.74) is 0.972. The maximum Gasteiger partial charge on any atom is 0.341 e. The van der Waals surface area contributed by atoms with E-state index in [0.29, 0.717) is 13.1 Å². The molecule has 0 bridgehead atoms. The van der Waals surface area contributed by atoms with Gasteiger partial charge in [-0.05, 0) is 43.5 Å². The molecule has 1 aromatic heterocycles. The number of nitrogens with zero attached hydrogens (tertiary/aromatic N) is 3. The van der Waals surface area contributed by atoms with Crippen molar-refractivity contribution in [3.63, 3.8) is 0 Å². The molecule has 3 aliphatic rings. The van der Waals surface area contributed by atoms with Crippen LogP contribution in [0.2, 0.25) is 0 Å². The fraction of sp³-hybridized carbons (Fsp3) is 0.429. The normalized spacial score (nSPS) is 19.9. The third-order valence-corrected chi connectivity index (χ3v) is 6.19. The van der Waals surface area contributed by atoms with Gasteiger partial charge in [-0.3, -0.25) is 4.79 Å². The van der Waals surface area contributed by atoms with Crippen LogP contribution in [0.25, 0.3) is 10.9 Å². The number of hydrogen-bond acceptors (Lipinski definition) is 4. The van der Waals surface area contributed by atoms with Crippen LogP contribution < -0.4 is 10.3 Å². The van der Waals surface area contributed by atoms with Crippen LogP contribution in [-0.2, 0) is 0 Å². The summed E-state index contributed by atoms with van der Waals surface area (Å²) >= 11 is 0. The van der Waals surface area contributed by atoms with Crippen molar-refractivity contribution in [2.45, 2.75) is 25.3 Å². The second-order valence-corrected chi connectivity index (χ2v) is 8.28. The Morgan fingerprint density at radius 1 is 1.17 bits per heavy atom. The lowest BCUT2D eigenvalue weighted by atomic mass is 10.0. The van der Waals surface area contributed by atoms with Crippen LogP contribution in [0.15, 0.2) is 28.2 Å². The Bertz CT molecular complexity index is 1150. The highest BCUT2D eigenvalue weighted by Crippen LogP contribution is 2.40. The lowest BCUT2D eigenvalue weighted by molar-refractivity contribution is 0.0695. The SMILES string of the molecule is CN1CCC2=C(C1)CN(c1c(F)cc3c(=O)c(C(=O)O)cn(C4CC4)c3c1F)C2. The Labute approximate surface area is 165 Å². The van der Waals surface area contributed by atoms with Crippen LogP contribution in [0.4, 0.5) is 14.5 Å². The third-order valence-electron chi connectivity index (χ3n) is 6.19. The van der Waals surface area contributed by atoms with Gasteiger partial charge >= 0.3 is 5.97 Å². The van der Waals surface area contributed by atoms with Gasteiger partial charge in [0.1, 0.15) is 17.1 Å². The summed E-state index contributed by atoms with van der Waals surface area (Å²) in [4.78, 5) is 27.9. The molecular formula is C21H21F2N3O3. The second kappa shape index (κ2) is 6.38.